The normalized spacial score (nSPS) is 42.4. The predicted octanol–water partition coefficient (Wildman–Crippen LogP) is 2.72. The molecule has 0 amide bonds. The summed E-state index contributed by atoms with van der Waals surface area (Å²) in [5.74, 6) is 0. The average Bonchev–Trinajstić information content (AvgIpc) is 2.75. The summed E-state index contributed by atoms with van der Waals surface area (Å²) in [5.41, 5.74) is 0.520. The van der Waals surface area contributed by atoms with Gasteiger partial charge in [-0.3, -0.25) is 0 Å². The van der Waals surface area contributed by atoms with Crippen LogP contribution in [0.3, 0.4) is 0 Å². The summed E-state index contributed by atoms with van der Waals surface area (Å²) >= 11 is 0. The van der Waals surface area contributed by atoms with Crippen LogP contribution in [0.1, 0.15) is 52.9 Å². The van der Waals surface area contributed by atoms with Gasteiger partial charge in [-0.25, -0.2) is 0 Å². The molecule has 2 bridgehead atoms. The van der Waals surface area contributed by atoms with Crippen LogP contribution in [-0.2, 0) is 4.74 Å². The molecule has 2 heteroatoms. The molecule has 2 saturated heterocycles. The molecular weight excluding hydrogens is 186 g/mol. The topological polar surface area (TPSA) is 21.3 Å². The van der Waals surface area contributed by atoms with Crippen molar-refractivity contribution < 1.29 is 4.74 Å². The van der Waals surface area contributed by atoms with Crippen LogP contribution in [0, 0.1) is 5.41 Å². The van der Waals surface area contributed by atoms with Gasteiger partial charge in [-0.1, -0.05) is 33.6 Å². The molecule has 0 saturated carbocycles. The van der Waals surface area contributed by atoms with Crippen molar-refractivity contribution in [3.63, 3.8) is 0 Å². The molecule has 0 aromatic heterocycles. The lowest BCUT2D eigenvalue weighted by molar-refractivity contribution is 0.0729. The van der Waals surface area contributed by atoms with Gasteiger partial charge in [-0.15, -0.1) is 0 Å². The second-order valence-electron chi connectivity index (χ2n) is 5.74. The van der Waals surface area contributed by atoms with Crippen molar-refractivity contribution in [1.82, 2.24) is 5.32 Å². The van der Waals surface area contributed by atoms with Crippen LogP contribution in [0.4, 0.5) is 0 Å². The van der Waals surface area contributed by atoms with E-state index in [-0.39, 0.29) is 5.54 Å². The van der Waals surface area contributed by atoms with E-state index in [0.29, 0.717) is 17.6 Å². The Morgan fingerprint density at radius 3 is 2.40 bits per heavy atom. The van der Waals surface area contributed by atoms with E-state index < -0.39 is 0 Å². The Morgan fingerprint density at radius 2 is 1.93 bits per heavy atom. The summed E-state index contributed by atoms with van der Waals surface area (Å²) in [7, 11) is 2.11. The number of hydrogen-bond acceptors (Lipinski definition) is 2. The zero-order valence-electron chi connectivity index (χ0n) is 10.6. The third-order valence-corrected chi connectivity index (χ3v) is 4.89. The molecule has 88 valence electrons. The number of ether oxygens (including phenoxy) is 1. The lowest BCUT2D eigenvalue weighted by Crippen LogP contribution is -2.61. The average molecular weight is 211 g/mol. The van der Waals surface area contributed by atoms with E-state index in [4.69, 9.17) is 4.74 Å². The van der Waals surface area contributed by atoms with Gasteiger partial charge in [-0.05, 0) is 26.3 Å². The van der Waals surface area contributed by atoms with Crippen molar-refractivity contribution in [2.75, 3.05) is 7.05 Å². The van der Waals surface area contributed by atoms with Crippen molar-refractivity contribution in [2.24, 2.45) is 5.41 Å². The van der Waals surface area contributed by atoms with Gasteiger partial charge in [0.1, 0.15) is 0 Å². The summed E-state index contributed by atoms with van der Waals surface area (Å²) in [4.78, 5) is 0. The van der Waals surface area contributed by atoms with Crippen molar-refractivity contribution in [3.8, 4) is 0 Å². The van der Waals surface area contributed by atoms with Crippen LogP contribution in [0.15, 0.2) is 0 Å². The Bertz CT molecular complexity index is 239. The van der Waals surface area contributed by atoms with Gasteiger partial charge >= 0.3 is 0 Å². The fraction of sp³-hybridized carbons (Fsp3) is 1.00. The largest absolute Gasteiger partial charge is 0.372 e. The highest BCUT2D eigenvalue weighted by atomic mass is 16.5. The first-order chi connectivity index (χ1) is 7.08. The number of nitrogens with one attached hydrogen (secondary N) is 1. The van der Waals surface area contributed by atoms with Gasteiger partial charge < -0.3 is 10.1 Å². The Kier molecular flexibility index (Phi) is 2.85. The van der Waals surface area contributed by atoms with Gasteiger partial charge in [-0.2, -0.15) is 0 Å². The maximum Gasteiger partial charge on any atom is 0.0767 e. The Balaban J connectivity index is 2.22. The van der Waals surface area contributed by atoms with Crippen LogP contribution in [-0.4, -0.2) is 24.8 Å². The van der Waals surface area contributed by atoms with Crippen molar-refractivity contribution in [1.29, 1.82) is 0 Å². The molecule has 15 heavy (non-hydrogen) atoms. The summed E-state index contributed by atoms with van der Waals surface area (Å²) in [6.07, 6.45) is 7.27. The fourth-order valence-corrected chi connectivity index (χ4v) is 3.78. The number of likely N-dealkylation sites (N-methyl/N-ethyl adjacent to an activating group) is 1. The van der Waals surface area contributed by atoms with E-state index in [0.717, 1.165) is 0 Å². The molecule has 1 N–H and O–H groups in total. The highest BCUT2D eigenvalue weighted by Gasteiger charge is 2.63. The van der Waals surface area contributed by atoms with Crippen LogP contribution in [0.25, 0.3) is 0 Å². The minimum atomic E-state index is 0.228. The molecule has 3 atom stereocenters. The van der Waals surface area contributed by atoms with Crippen LogP contribution < -0.4 is 5.32 Å². The fourth-order valence-electron chi connectivity index (χ4n) is 3.78. The summed E-state index contributed by atoms with van der Waals surface area (Å²) in [6, 6.07) is 0. The van der Waals surface area contributed by atoms with Gasteiger partial charge in [0.2, 0.25) is 0 Å². The molecule has 0 unspecified atom stereocenters. The Morgan fingerprint density at radius 1 is 1.27 bits per heavy atom. The highest BCUT2D eigenvalue weighted by molar-refractivity contribution is 5.16. The Hall–Kier alpha value is -0.0800. The lowest BCUT2D eigenvalue weighted by Gasteiger charge is -2.47. The first-order valence-corrected chi connectivity index (χ1v) is 6.43. The molecule has 0 aromatic rings. The first-order valence-electron chi connectivity index (χ1n) is 6.43. The predicted molar refractivity (Wildman–Crippen MR) is 63.0 cm³/mol. The highest BCUT2D eigenvalue weighted by Crippen LogP contribution is 2.55. The summed E-state index contributed by atoms with van der Waals surface area (Å²) < 4.78 is 6.13. The standard InChI is InChI=1S/C13H25NO/c1-5-6-9-13(14-4)11-8-7-10(15-11)12(13,2)3/h10-11,14H,5-9H2,1-4H3/t10-,11+,13-/m1/s1. The number of rotatable bonds is 4. The van der Waals surface area contributed by atoms with Crippen molar-refractivity contribution >= 4 is 0 Å². The molecule has 0 spiro atoms. The smallest absolute Gasteiger partial charge is 0.0767 e. The monoisotopic (exact) mass is 211 g/mol. The maximum atomic E-state index is 6.13. The molecule has 0 aromatic carbocycles. The Labute approximate surface area is 93.8 Å². The summed E-state index contributed by atoms with van der Waals surface area (Å²) in [5, 5.41) is 3.61. The van der Waals surface area contributed by atoms with E-state index in [1.807, 2.05) is 0 Å². The number of hydrogen-bond donors (Lipinski definition) is 1. The van der Waals surface area contributed by atoms with E-state index in [1.54, 1.807) is 0 Å². The number of fused-ring (bicyclic) bond motifs is 2. The maximum absolute atomic E-state index is 6.13. The van der Waals surface area contributed by atoms with Crippen LogP contribution in [0.2, 0.25) is 0 Å². The van der Waals surface area contributed by atoms with Gasteiger partial charge in [0.25, 0.3) is 0 Å². The molecule has 0 aliphatic carbocycles. The summed E-state index contributed by atoms with van der Waals surface area (Å²) in [6.45, 7) is 7.02. The molecule has 2 heterocycles. The SMILES string of the molecule is CCCC[C@@]1(NC)[C@@H]2CC[C@@H](O2)C1(C)C. The van der Waals surface area contributed by atoms with Crippen molar-refractivity contribution in [3.05, 3.63) is 0 Å². The van der Waals surface area contributed by atoms with Crippen LogP contribution >= 0.6 is 0 Å². The molecule has 0 radical (unpaired) electrons. The van der Waals surface area contributed by atoms with E-state index in [2.05, 4.69) is 33.1 Å². The zero-order valence-corrected chi connectivity index (χ0v) is 10.6. The first kappa shape index (κ1) is 11.4. The zero-order chi connectivity index (χ0) is 11.1. The second-order valence-corrected chi connectivity index (χ2v) is 5.74. The molecule has 2 aliphatic heterocycles. The van der Waals surface area contributed by atoms with Gasteiger partial charge in [0.15, 0.2) is 0 Å². The lowest BCUT2D eigenvalue weighted by atomic mass is 9.61. The van der Waals surface area contributed by atoms with Crippen LogP contribution in [0.5, 0.6) is 0 Å². The third kappa shape index (κ3) is 1.38. The number of unbranched alkanes of at least 4 members (excludes halogenated alkanes) is 1. The van der Waals surface area contributed by atoms with Gasteiger partial charge in [0.05, 0.1) is 17.7 Å². The molecular formula is C13H25NO. The quantitative estimate of drug-likeness (QED) is 0.772. The molecule has 2 rings (SSSR count). The second kappa shape index (κ2) is 3.74. The van der Waals surface area contributed by atoms with Gasteiger partial charge in [0, 0.05) is 5.41 Å². The molecule has 2 aliphatic rings. The van der Waals surface area contributed by atoms with E-state index in [9.17, 15) is 0 Å². The molecule has 2 nitrogen and oxygen atoms in total. The van der Waals surface area contributed by atoms with E-state index >= 15 is 0 Å². The molecule has 2 fully saturated rings. The third-order valence-electron chi connectivity index (χ3n) is 4.89. The van der Waals surface area contributed by atoms with Crippen molar-refractivity contribution in [2.45, 2.75) is 70.6 Å². The van der Waals surface area contributed by atoms with E-state index in [1.165, 1.54) is 32.1 Å². The minimum Gasteiger partial charge on any atom is -0.372 e. The minimum absolute atomic E-state index is 0.228.